The fourth-order valence-electron chi connectivity index (χ4n) is 4.55. The Morgan fingerprint density at radius 2 is 1.77 bits per heavy atom. The fraction of sp³-hybridized carbons (Fsp3) is 0.286. The summed E-state index contributed by atoms with van der Waals surface area (Å²) in [4.78, 5) is 29.7. The van der Waals surface area contributed by atoms with Crippen molar-refractivity contribution in [3.8, 4) is 5.75 Å². The lowest BCUT2D eigenvalue weighted by atomic mass is 10.1. The second-order valence-electron chi connectivity index (χ2n) is 9.14. The number of nitrogens with zero attached hydrogens (tertiary/aromatic N) is 2. The number of ether oxygens (including phenoxy) is 1. The summed E-state index contributed by atoms with van der Waals surface area (Å²) in [7, 11) is 0. The molecule has 7 nitrogen and oxygen atoms in total. The van der Waals surface area contributed by atoms with E-state index in [0.29, 0.717) is 17.1 Å². The molecule has 1 saturated heterocycles. The third kappa shape index (κ3) is 5.63. The van der Waals surface area contributed by atoms with Gasteiger partial charge in [-0.25, -0.2) is 0 Å². The number of anilines is 3. The van der Waals surface area contributed by atoms with E-state index in [0.717, 1.165) is 32.7 Å². The number of piperazine rings is 1. The van der Waals surface area contributed by atoms with Crippen molar-refractivity contribution in [2.75, 3.05) is 41.7 Å². The maximum atomic E-state index is 12.5. The van der Waals surface area contributed by atoms with E-state index in [4.69, 9.17) is 4.74 Å². The Balaban J connectivity index is 1.10. The van der Waals surface area contributed by atoms with Gasteiger partial charge in [-0.2, -0.15) is 0 Å². The number of hydrogen-bond acceptors (Lipinski definition) is 5. The number of nitrogens with one attached hydrogen (secondary N) is 2. The standard InChI is InChI=1S/C28H30N4O3/c1-20-5-4-6-23(17-20)32-15-13-31(14-16-32)19-21-9-11-22(12-10-21)29-27(33)18-26-28(34)30-24-7-2-3-8-25(24)35-26/h2-12,17,26H,13-16,18-19H2,1H3,(H,29,33)(H,30,34)/t26-/m0/s1. The van der Waals surface area contributed by atoms with Crippen LogP contribution >= 0.6 is 0 Å². The number of amides is 2. The van der Waals surface area contributed by atoms with Gasteiger partial charge in [-0.3, -0.25) is 14.5 Å². The maximum Gasteiger partial charge on any atom is 0.266 e. The Morgan fingerprint density at radius 1 is 1.00 bits per heavy atom. The van der Waals surface area contributed by atoms with Crippen LogP contribution in [-0.2, 0) is 16.1 Å². The van der Waals surface area contributed by atoms with Crippen LogP contribution < -0.4 is 20.3 Å². The monoisotopic (exact) mass is 470 g/mol. The van der Waals surface area contributed by atoms with Gasteiger partial charge in [0.05, 0.1) is 12.1 Å². The molecule has 0 saturated carbocycles. The summed E-state index contributed by atoms with van der Waals surface area (Å²) in [5.74, 6) is 0.00946. The van der Waals surface area contributed by atoms with Crippen LogP contribution in [-0.4, -0.2) is 49.0 Å². The molecule has 7 heteroatoms. The first kappa shape index (κ1) is 22.9. The highest BCUT2D eigenvalue weighted by atomic mass is 16.5. The van der Waals surface area contributed by atoms with Crippen molar-refractivity contribution in [3.63, 3.8) is 0 Å². The van der Waals surface area contributed by atoms with Crippen LogP contribution in [0.25, 0.3) is 0 Å². The fourth-order valence-corrected chi connectivity index (χ4v) is 4.55. The molecule has 180 valence electrons. The van der Waals surface area contributed by atoms with Crippen molar-refractivity contribution in [1.29, 1.82) is 0 Å². The summed E-state index contributed by atoms with van der Waals surface area (Å²) in [6, 6.07) is 23.8. The Hall–Kier alpha value is -3.84. The minimum atomic E-state index is -0.845. The quantitative estimate of drug-likeness (QED) is 0.569. The molecule has 2 amide bonds. The summed E-state index contributed by atoms with van der Waals surface area (Å²) in [5.41, 5.74) is 5.13. The zero-order chi connectivity index (χ0) is 24.2. The zero-order valence-electron chi connectivity index (χ0n) is 19.9. The van der Waals surface area contributed by atoms with Crippen LogP contribution in [0.2, 0.25) is 0 Å². The van der Waals surface area contributed by atoms with Gasteiger partial charge in [0.25, 0.3) is 5.91 Å². The summed E-state index contributed by atoms with van der Waals surface area (Å²) in [5, 5.41) is 5.66. The third-order valence-electron chi connectivity index (χ3n) is 6.46. The lowest BCUT2D eigenvalue weighted by Crippen LogP contribution is -2.45. The first-order chi connectivity index (χ1) is 17.0. The van der Waals surface area contributed by atoms with Gasteiger partial charge >= 0.3 is 0 Å². The number of benzene rings is 3. The molecule has 2 aliphatic heterocycles. The molecule has 1 atom stereocenters. The summed E-state index contributed by atoms with van der Waals surface area (Å²) in [6.45, 7) is 7.06. The van der Waals surface area contributed by atoms with E-state index >= 15 is 0 Å². The van der Waals surface area contributed by atoms with E-state index in [2.05, 4.69) is 51.6 Å². The van der Waals surface area contributed by atoms with E-state index in [1.54, 1.807) is 12.1 Å². The molecule has 0 unspecified atom stereocenters. The van der Waals surface area contributed by atoms with Crippen molar-refractivity contribution in [2.24, 2.45) is 0 Å². The van der Waals surface area contributed by atoms with E-state index in [-0.39, 0.29) is 18.2 Å². The van der Waals surface area contributed by atoms with Crippen molar-refractivity contribution < 1.29 is 14.3 Å². The van der Waals surface area contributed by atoms with Crippen LogP contribution in [0.1, 0.15) is 17.5 Å². The Kier molecular flexibility index (Phi) is 6.68. The molecule has 0 radical (unpaired) electrons. The van der Waals surface area contributed by atoms with Gasteiger partial charge in [0.1, 0.15) is 5.75 Å². The lowest BCUT2D eigenvalue weighted by Gasteiger charge is -2.36. The van der Waals surface area contributed by atoms with Gasteiger partial charge in [-0.15, -0.1) is 0 Å². The number of carbonyl (C=O) groups is 2. The van der Waals surface area contributed by atoms with Crippen LogP contribution in [0.15, 0.2) is 72.8 Å². The highest BCUT2D eigenvalue weighted by Crippen LogP contribution is 2.29. The molecule has 0 aromatic heterocycles. The van der Waals surface area contributed by atoms with Crippen LogP contribution in [0, 0.1) is 6.92 Å². The molecular formula is C28H30N4O3. The summed E-state index contributed by atoms with van der Waals surface area (Å²) >= 11 is 0. The van der Waals surface area contributed by atoms with Crippen molar-refractivity contribution in [2.45, 2.75) is 26.0 Å². The minimum Gasteiger partial charge on any atom is -0.478 e. The average molecular weight is 471 g/mol. The van der Waals surface area contributed by atoms with Crippen LogP contribution in [0.5, 0.6) is 5.75 Å². The first-order valence-corrected chi connectivity index (χ1v) is 12.0. The van der Waals surface area contributed by atoms with E-state index in [1.165, 1.54) is 16.8 Å². The maximum absolute atomic E-state index is 12.5. The van der Waals surface area contributed by atoms with E-state index < -0.39 is 6.10 Å². The highest BCUT2D eigenvalue weighted by Gasteiger charge is 2.29. The number of para-hydroxylation sites is 2. The Bertz CT molecular complexity index is 1200. The molecule has 2 aliphatic rings. The SMILES string of the molecule is Cc1cccc(N2CCN(Cc3ccc(NC(=O)C[C@@H]4Oc5ccccc5NC4=O)cc3)CC2)c1. The molecule has 0 bridgehead atoms. The Morgan fingerprint density at radius 3 is 2.54 bits per heavy atom. The van der Waals surface area contributed by atoms with Crippen LogP contribution in [0.3, 0.4) is 0 Å². The molecule has 3 aromatic rings. The van der Waals surface area contributed by atoms with Crippen molar-refractivity contribution in [1.82, 2.24) is 4.90 Å². The second kappa shape index (κ2) is 10.2. The Labute approximate surface area is 205 Å². The summed E-state index contributed by atoms with van der Waals surface area (Å²) < 4.78 is 5.72. The topological polar surface area (TPSA) is 73.9 Å². The predicted octanol–water partition coefficient (Wildman–Crippen LogP) is 4.05. The molecule has 1 fully saturated rings. The molecule has 35 heavy (non-hydrogen) atoms. The predicted molar refractivity (Wildman–Crippen MR) is 138 cm³/mol. The number of rotatable bonds is 6. The third-order valence-corrected chi connectivity index (χ3v) is 6.46. The number of hydrogen-bond donors (Lipinski definition) is 2. The normalized spacial score (nSPS) is 17.8. The van der Waals surface area contributed by atoms with Gasteiger partial charge in [0.2, 0.25) is 5.91 Å². The number of aryl methyl sites for hydroxylation is 1. The van der Waals surface area contributed by atoms with Gasteiger partial charge in [0, 0.05) is 44.1 Å². The molecular weight excluding hydrogens is 440 g/mol. The largest absolute Gasteiger partial charge is 0.478 e. The highest BCUT2D eigenvalue weighted by molar-refractivity contribution is 6.01. The average Bonchev–Trinajstić information content (AvgIpc) is 2.86. The number of fused-ring (bicyclic) bond motifs is 1. The second-order valence-corrected chi connectivity index (χ2v) is 9.14. The van der Waals surface area contributed by atoms with E-state index in [9.17, 15) is 9.59 Å². The molecule has 2 N–H and O–H groups in total. The smallest absolute Gasteiger partial charge is 0.266 e. The molecule has 2 heterocycles. The minimum absolute atomic E-state index is 0.0485. The van der Waals surface area contributed by atoms with E-state index in [1.807, 2.05) is 36.4 Å². The van der Waals surface area contributed by atoms with Gasteiger partial charge in [-0.1, -0.05) is 36.4 Å². The molecule has 0 spiro atoms. The van der Waals surface area contributed by atoms with Crippen LogP contribution in [0.4, 0.5) is 17.1 Å². The van der Waals surface area contributed by atoms with Crippen molar-refractivity contribution >= 4 is 28.9 Å². The molecule has 0 aliphatic carbocycles. The molecule has 3 aromatic carbocycles. The van der Waals surface area contributed by atoms with Gasteiger partial charge in [-0.05, 0) is 54.4 Å². The zero-order valence-corrected chi connectivity index (χ0v) is 19.9. The first-order valence-electron chi connectivity index (χ1n) is 12.0. The van der Waals surface area contributed by atoms with Gasteiger partial charge < -0.3 is 20.3 Å². The molecule has 5 rings (SSSR count). The van der Waals surface area contributed by atoms with Gasteiger partial charge in [0.15, 0.2) is 6.10 Å². The van der Waals surface area contributed by atoms with Crippen molar-refractivity contribution in [3.05, 3.63) is 83.9 Å². The summed E-state index contributed by atoms with van der Waals surface area (Å²) in [6.07, 6.45) is -0.893. The lowest BCUT2D eigenvalue weighted by molar-refractivity contribution is -0.128. The number of carbonyl (C=O) groups excluding carboxylic acids is 2.